The van der Waals surface area contributed by atoms with E-state index in [9.17, 15) is 0 Å². The smallest absolute Gasteiger partial charge is 0.115 e. The van der Waals surface area contributed by atoms with E-state index in [1.807, 2.05) is 24.3 Å². The first kappa shape index (κ1) is 12.5. The summed E-state index contributed by atoms with van der Waals surface area (Å²) in [6, 6.07) is 7.43. The standard InChI is InChI=1S/C12H11BrClN3/c13-9-2-1-8(10(14)6-9)5-11(15)12-3-4-16-7-17-12/h1-4,6-7,11H,5,15H2. The highest BCUT2D eigenvalue weighted by molar-refractivity contribution is 9.10. The van der Waals surface area contributed by atoms with E-state index in [0.717, 1.165) is 15.7 Å². The molecule has 3 nitrogen and oxygen atoms in total. The van der Waals surface area contributed by atoms with Crippen molar-refractivity contribution in [1.29, 1.82) is 0 Å². The third kappa shape index (κ3) is 3.25. The Hall–Kier alpha value is -0.970. The van der Waals surface area contributed by atoms with Crippen LogP contribution in [0.4, 0.5) is 0 Å². The van der Waals surface area contributed by atoms with Gasteiger partial charge in [-0.2, -0.15) is 0 Å². The average molecular weight is 313 g/mol. The van der Waals surface area contributed by atoms with Gasteiger partial charge in [-0.15, -0.1) is 0 Å². The summed E-state index contributed by atoms with van der Waals surface area (Å²) in [6.45, 7) is 0. The molecule has 1 unspecified atom stereocenters. The van der Waals surface area contributed by atoms with E-state index in [0.29, 0.717) is 11.4 Å². The zero-order chi connectivity index (χ0) is 12.3. The molecule has 0 aliphatic carbocycles. The van der Waals surface area contributed by atoms with Crippen molar-refractivity contribution >= 4 is 27.5 Å². The Bertz CT molecular complexity index is 504. The average Bonchev–Trinajstić information content (AvgIpc) is 2.34. The number of nitrogens with zero attached hydrogens (tertiary/aromatic N) is 2. The molecule has 17 heavy (non-hydrogen) atoms. The van der Waals surface area contributed by atoms with E-state index in [-0.39, 0.29) is 6.04 Å². The fourth-order valence-electron chi connectivity index (χ4n) is 1.55. The van der Waals surface area contributed by atoms with Crippen LogP contribution in [0.15, 0.2) is 41.3 Å². The van der Waals surface area contributed by atoms with Crippen molar-refractivity contribution in [3.05, 3.63) is 57.5 Å². The molecule has 0 fully saturated rings. The Kier molecular flexibility index (Phi) is 4.10. The van der Waals surface area contributed by atoms with Crippen molar-refractivity contribution in [2.75, 3.05) is 0 Å². The molecular formula is C12H11BrClN3. The van der Waals surface area contributed by atoms with Gasteiger partial charge in [0, 0.05) is 15.7 Å². The van der Waals surface area contributed by atoms with Crippen LogP contribution in [0.1, 0.15) is 17.3 Å². The normalized spacial score (nSPS) is 12.4. The van der Waals surface area contributed by atoms with Crippen LogP contribution in [0, 0.1) is 0 Å². The van der Waals surface area contributed by atoms with Crippen LogP contribution < -0.4 is 5.73 Å². The van der Waals surface area contributed by atoms with Crippen molar-refractivity contribution < 1.29 is 0 Å². The number of hydrogen-bond donors (Lipinski definition) is 1. The first-order valence-electron chi connectivity index (χ1n) is 5.12. The fourth-order valence-corrected chi connectivity index (χ4v) is 2.30. The highest BCUT2D eigenvalue weighted by Crippen LogP contribution is 2.24. The first-order valence-corrected chi connectivity index (χ1v) is 6.29. The van der Waals surface area contributed by atoms with Crippen molar-refractivity contribution in [3.8, 4) is 0 Å². The Balaban J connectivity index is 2.16. The molecule has 5 heteroatoms. The minimum atomic E-state index is -0.170. The van der Waals surface area contributed by atoms with E-state index >= 15 is 0 Å². The molecule has 0 bridgehead atoms. The van der Waals surface area contributed by atoms with Crippen LogP contribution in [-0.4, -0.2) is 9.97 Å². The number of aromatic nitrogens is 2. The number of halogens is 2. The van der Waals surface area contributed by atoms with Crippen LogP contribution in [0.3, 0.4) is 0 Å². The van der Waals surface area contributed by atoms with Crippen molar-refractivity contribution in [2.45, 2.75) is 12.5 Å². The van der Waals surface area contributed by atoms with Gasteiger partial charge in [-0.05, 0) is 30.2 Å². The van der Waals surface area contributed by atoms with Gasteiger partial charge in [0.15, 0.2) is 0 Å². The Morgan fingerprint density at radius 3 is 2.82 bits per heavy atom. The summed E-state index contributed by atoms with van der Waals surface area (Å²) in [5, 5.41) is 0.712. The molecule has 0 aliphatic rings. The molecule has 1 aromatic heterocycles. The molecular weight excluding hydrogens is 302 g/mol. The molecule has 1 heterocycles. The number of rotatable bonds is 3. The Labute approximate surface area is 113 Å². The first-order chi connectivity index (χ1) is 8.16. The van der Waals surface area contributed by atoms with Gasteiger partial charge in [-0.1, -0.05) is 33.6 Å². The molecule has 0 amide bonds. The molecule has 0 saturated carbocycles. The van der Waals surface area contributed by atoms with Crippen LogP contribution in [0.25, 0.3) is 0 Å². The maximum atomic E-state index is 6.14. The lowest BCUT2D eigenvalue weighted by Gasteiger charge is -2.12. The summed E-state index contributed by atoms with van der Waals surface area (Å²) in [5.74, 6) is 0. The van der Waals surface area contributed by atoms with Gasteiger partial charge in [-0.3, -0.25) is 0 Å². The van der Waals surface area contributed by atoms with Crippen LogP contribution >= 0.6 is 27.5 Å². The van der Waals surface area contributed by atoms with Crippen LogP contribution in [-0.2, 0) is 6.42 Å². The lowest BCUT2D eigenvalue weighted by molar-refractivity contribution is 0.693. The summed E-state index contributed by atoms with van der Waals surface area (Å²) < 4.78 is 0.960. The maximum absolute atomic E-state index is 6.14. The molecule has 88 valence electrons. The van der Waals surface area contributed by atoms with Gasteiger partial charge in [0.1, 0.15) is 6.33 Å². The summed E-state index contributed by atoms with van der Waals surface area (Å²) in [5.41, 5.74) is 7.91. The zero-order valence-electron chi connectivity index (χ0n) is 8.98. The van der Waals surface area contributed by atoms with Crippen LogP contribution in [0.2, 0.25) is 5.02 Å². The van der Waals surface area contributed by atoms with Gasteiger partial charge >= 0.3 is 0 Å². The monoisotopic (exact) mass is 311 g/mol. The van der Waals surface area contributed by atoms with E-state index in [1.165, 1.54) is 6.33 Å². The predicted octanol–water partition coefficient (Wildman–Crippen LogP) is 3.14. The lowest BCUT2D eigenvalue weighted by Crippen LogP contribution is -2.15. The lowest BCUT2D eigenvalue weighted by atomic mass is 10.0. The molecule has 0 saturated heterocycles. The quantitative estimate of drug-likeness (QED) is 0.947. The Morgan fingerprint density at radius 2 is 2.18 bits per heavy atom. The van der Waals surface area contributed by atoms with E-state index in [4.69, 9.17) is 17.3 Å². The topological polar surface area (TPSA) is 51.8 Å². The van der Waals surface area contributed by atoms with Gasteiger partial charge in [0.05, 0.1) is 11.7 Å². The predicted molar refractivity (Wildman–Crippen MR) is 71.8 cm³/mol. The minimum Gasteiger partial charge on any atom is -0.322 e. The van der Waals surface area contributed by atoms with Crippen molar-refractivity contribution in [2.24, 2.45) is 5.73 Å². The minimum absolute atomic E-state index is 0.170. The van der Waals surface area contributed by atoms with E-state index < -0.39 is 0 Å². The maximum Gasteiger partial charge on any atom is 0.115 e. The fraction of sp³-hybridized carbons (Fsp3) is 0.167. The van der Waals surface area contributed by atoms with Crippen molar-refractivity contribution in [1.82, 2.24) is 9.97 Å². The van der Waals surface area contributed by atoms with Crippen LogP contribution in [0.5, 0.6) is 0 Å². The molecule has 0 aliphatic heterocycles. The highest BCUT2D eigenvalue weighted by Gasteiger charge is 2.10. The SMILES string of the molecule is NC(Cc1ccc(Br)cc1Cl)c1ccncn1. The molecule has 0 radical (unpaired) electrons. The van der Waals surface area contributed by atoms with Gasteiger partial charge < -0.3 is 5.73 Å². The van der Waals surface area contributed by atoms with E-state index in [1.54, 1.807) is 6.20 Å². The molecule has 1 aromatic carbocycles. The molecule has 2 rings (SSSR count). The summed E-state index contributed by atoms with van der Waals surface area (Å²) in [7, 11) is 0. The summed E-state index contributed by atoms with van der Waals surface area (Å²) in [4.78, 5) is 8.00. The highest BCUT2D eigenvalue weighted by atomic mass is 79.9. The number of hydrogen-bond acceptors (Lipinski definition) is 3. The summed E-state index contributed by atoms with van der Waals surface area (Å²) >= 11 is 9.51. The summed E-state index contributed by atoms with van der Waals surface area (Å²) in [6.07, 6.45) is 3.84. The number of nitrogens with two attached hydrogens (primary N) is 1. The molecule has 2 N–H and O–H groups in total. The largest absolute Gasteiger partial charge is 0.322 e. The number of benzene rings is 1. The third-order valence-electron chi connectivity index (χ3n) is 2.44. The van der Waals surface area contributed by atoms with Gasteiger partial charge in [0.25, 0.3) is 0 Å². The van der Waals surface area contributed by atoms with Crippen molar-refractivity contribution in [3.63, 3.8) is 0 Å². The zero-order valence-corrected chi connectivity index (χ0v) is 11.3. The molecule has 1 atom stereocenters. The second kappa shape index (κ2) is 5.58. The Morgan fingerprint density at radius 1 is 1.35 bits per heavy atom. The third-order valence-corrected chi connectivity index (χ3v) is 3.28. The second-order valence-corrected chi connectivity index (χ2v) is 5.00. The molecule has 2 aromatic rings. The second-order valence-electron chi connectivity index (χ2n) is 3.68. The molecule has 0 spiro atoms. The van der Waals surface area contributed by atoms with Gasteiger partial charge in [-0.25, -0.2) is 9.97 Å². The van der Waals surface area contributed by atoms with Gasteiger partial charge in [0.2, 0.25) is 0 Å². The van der Waals surface area contributed by atoms with E-state index in [2.05, 4.69) is 25.9 Å².